The van der Waals surface area contributed by atoms with E-state index in [1.165, 1.54) is 4.90 Å². The Labute approximate surface area is 117 Å². The molecule has 0 aromatic carbocycles. The van der Waals surface area contributed by atoms with Crippen LogP contribution in [0.3, 0.4) is 0 Å². The standard InChI is InChI=1S/C13H21N3O4/c17-11-8-16(6-5-14-11)13(20)15-7-9-3-1-2-4-10(9)12(18)19/h9-10H,1-8H2,(H,14,17)(H,15,20)(H,18,19). The predicted octanol–water partition coefficient (Wildman–Crippen LogP) is 0.0188. The van der Waals surface area contributed by atoms with E-state index >= 15 is 0 Å². The van der Waals surface area contributed by atoms with Gasteiger partial charge < -0.3 is 20.6 Å². The Morgan fingerprint density at radius 2 is 2.10 bits per heavy atom. The van der Waals surface area contributed by atoms with Gasteiger partial charge in [0.2, 0.25) is 5.91 Å². The van der Waals surface area contributed by atoms with E-state index in [9.17, 15) is 19.5 Å². The number of aliphatic carboxylic acids is 1. The van der Waals surface area contributed by atoms with Crippen LogP contribution in [0, 0.1) is 11.8 Å². The Bertz CT molecular complexity index is 399. The van der Waals surface area contributed by atoms with Crippen molar-refractivity contribution >= 4 is 17.9 Å². The summed E-state index contributed by atoms with van der Waals surface area (Å²) in [6.45, 7) is 1.39. The van der Waals surface area contributed by atoms with Crippen LogP contribution in [0.2, 0.25) is 0 Å². The highest BCUT2D eigenvalue weighted by atomic mass is 16.4. The van der Waals surface area contributed by atoms with Gasteiger partial charge in [0, 0.05) is 19.6 Å². The zero-order valence-electron chi connectivity index (χ0n) is 11.4. The van der Waals surface area contributed by atoms with E-state index in [0.29, 0.717) is 26.1 Å². The molecule has 2 atom stereocenters. The van der Waals surface area contributed by atoms with Crippen molar-refractivity contribution in [2.45, 2.75) is 25.7 Å². The van der Waals surface area contributed by atoms with Crippen molar-refractivity contribution in [3.05, 3.63) is 0 Å². The summed E-state index contributed by atoms with van der Waals surface area (Å²) in [6, 6.07) is -0.283. The van der Waals surface area contributed by atoms with E-state index in [1.54, 1.807) is 0 Å². The molecule has 3 N–H and O–H groups in total. The maximum atomic E-state index is 12.0. The third-order valence-electron chi connectivity index (χ3n) is 4.07. The van der Waals surface area contributed by atoms with Gasteiger partial charge in [-0.05, 0) is 18.8 Å². The van der Waals surface area contributed by atoms with Gasteiger partial charge in [-0.15, -0.1) is 0 Å². The number of carbonyl (C=O) groups is 3. The summed E-state index contributed by atoms with van der Waals surface area (Å²) in [4.78, 5) is 35.8. The lowest BCUT2D eigenvalue weighted by molar-refractivity contribution is -0.144. The lowest BCUT2D eigenvalue weighted by atomic mass is 9.79. The summed E-state index contributed by atoms with van der Waals surface area (Å²) in [6.07, 6.45) is 3.46. The van der Waals surface area contributed by atoms with Crippen LogP contribution >= 0.6 is 0 Å². The van der Waals surface area contributed by atoms with Gasteiger partial charge >= 0.3 is 12.0 Å². The molecule has 1 saturated carbocycles. The second-order valence-corrected chi connectivity index (χ2v) is 5.45. The van der Waals surface area contributed by atoms with Crippen LogP contribution in [-0.4, -0.2) is 54.1 Å². The Kier molecular flexibility index (Phi) is 4.81. The highest BCUT2D eigenvalue weighted by molar-refractivity contribution is 5.85. The summed E-state index contributed by atoms with van der Waals surface area (Å²) in [5, 5.41) is 14.6. The summed E-state index contributed by atoms with van der Waals surface area (Å²) >= 11 is 0. The van der Waals surface area contributed by atoms with Crippen LogP contribution < -0.4 is 10.6 Å². The SMILES string of the molecule is O=C1CN(C(=O)NCC2CCCCC2C(=O)O)CCN1. The minimum atomic E-state index is -0.777. The molecule has 1 aliphatic carbocycles. The van der Waals surface area contributed by atoms with Crippen LogP contribution in [-0.2, 0) is 9.59 Å². The average molecular weight is 283 g/mol. The number of hydrogen-bond donors (Lipinski definition) is 3. The first-order valence-electron chi connectivity index (χ1n) is 7.10. The second kappa shape index (κ2) is 6.58. The first-order chi connectivity index (χ1) is 9.58. The molecule has 2 fully saturated rings. The van der Waals surface area contributed by atoms with E-state index < -0.39 is 5.97 Å². The molecule has 1 saturated heterocycles. The van der Waals surface area contributed by atoms with Gasteiger partial charge in [0.15, 0.2) is 0 Å². The van der Waals surface area contributed by atoms with Gasteiger partial charge in [0.1, 0.15) is 6.54 Å². The fraction of sp³-hybridized carbons (Fsp3) is 0.769. The van der Waals surface area contributed by atoms with Gasteiger partial charge in [0.05, 0.1) is 5.92 Å². The maximum absolute atomic E-state index is 12.0. The molecule has 0 bridgehead atoms. The van der Waals surface area contributed by atoms with Crippen molar-refractivity contribution in [1.82, 2.24) is 15.5 Å². The second-order valence-electron chi connectivity index (χ2n) is 5.45. The van der Waals surface area contributed by atoms with Gasteiger partial charge in [-0.25, -0.2) is 4.79 Å². The van der Waals surface area contributed by atoms with Crippen LogP contribution in [0.5, 0.6) is 0 Å². The normalized spacial score (nSPS) is 26.8. The van der Waals surface area contributed by atoms with Gasteiger partial charge in [0.25, 0.3) is 0 Å². The Morgan fingerprint density at radius 3 is 2.80 bits per heavy atom. The largest absolute Gasteiger partial charge is 0.481 e. The molecule has 3 amide bonds. The zero-order chi connectivity index (χ0) is 14.5. The molecule has 7 heteroatoms. The third kappa shape index (κ3) is 3.61. The molecule has 2 rings (SSSR count). The lowest BCUT2D eigenvalue weighted by Gasteiger charge is -2.31. The fourth-order valence-corrected chi connectivity index (χ4v) is 2.92. The first kappa shape index (κ1) is 14.6. The predicted molar refractivity (Wildman–Crippen MR) is 71.1 cm³/mol. The molecule has 112 valence electrons. The number of nitrogens with zero attached hydrogens (tertiary/aromatic N) is 1. The number of nitrogens with one attached hydrogen (secondary N) is 2. The first-order valence-corrected chi connectivity index (χ1v) is 7.10. The van der Waals surface area contributed by atoms with Gasteiger partial charge in [-0.1, -0.05) is 12.8 Å². The van der Waals surface area contributed by atoms with Crippen molar-refractivity contribution < 1.29 is 19.5 Å². The quantitative estimate of drug-likeness (QED) is 0.680. The molecular formula is C13H21N3O4. The summed E-state index contributed by atoms with van der Waals surface area (Å²) in [5.41, 5.74) is 0. The van der Waals surface area contributed by atoms with Crippen LogP contribution in [0.1, 0.15) is 25.7 Å². The highest BCUT2D eigenvalue weighted by Gasteiger charge is 2.31. The summed E-state index contributed by atoms with van der Waals surface area (Å²) < 4.78 is 0. The fourth-order valence-electron chi connectivity index (χ4n) is 2.92. The minimum Gasteiger partial charge on any atom is -0.481 e. The van der Waals surface area contributed by atoms with Crippen molar-refractivity contribution in [1.29, 1.82) is 0 Å². The van der Waals surface area contributed by atoms with Crippen molar-refractivity contribution in [3.8, 4) is 0 Å². The lowest BCUT2D eigenvalue weighted by Crippen LogP contribution is -2.53. The highest BCUT2D eigenvalue weighted by Crippen LogP contribution is 2.29. The van der Waals surface area contributed by atoms with Crippen molar-refractivity contribution in [3.63, 3.8) is 0 Å². The van der Waals surface area contributed by atoms with Crippen LogP contribution in [0.15, 0.2) is 0 Å². The number of hydrogen-bond acceptors (Lipinski definition) is 3. The Balaban J connectivity index is 1.82. The van der Waals surface area contributed by atoms with Gasteiger partial charge in [-0.2, -0.15) is 0 Å². The molecule has 1 aliphatic heterocycles. The van der Waals surface area contributed by atoms with Gasteiger partial charge in [-0.3, -0.25) is 9.59 Å². The van der Waals surface area contributed by atoms with Crippen molar-refractivity contribution in [2.24, 2.45) is 11.8 Å². The Hall–Kier alpha value is -1.79. The summed E-state index contributed by atoms with van der Waals surface area (Å²) in [5.74, 6) is -1.31. The topological polar surface area (TPSA) is 98.7 Å². The molecule has 7 nitrogen and oxygen atoms in total. The molecule has 0 spiro atoms. The number of carbonyl (C=O) groups excluding carboxylic acids is 2. The maximum Gasteiger partial charge on any atom is 0.317 e. The molecule has 0 radical (unpaired) electrons. The number of piperazine rings is 1. The monoisotopic (exact) mass is 283 g/mol. The number of rotatable bonds is 3. The van der Waals surface area contributed by atoms with E-state index in [4.69, 9.17) is 0 Å². The number of carboxylic acid groups (broad SMARTS) is 1. The summed E-state index contributed by atoms with van der Waals surface area (Å²) in [7, 11) is 0. The minimum absolute atomic E-state index is 0.0104. The Morgan fingerprint density at radius 1 is 1.35 bits per heavy atom. The molecule has 20 heavy (non-hydrogen) atoms. The molecular weight excluding hydrogens is 262 g/mol. The van der Waals surface area contributed by atoms with Crippen LogP contribution in [0.4, 0.5) is 4.79 Å². The van der Waals surface area contributed by atoms with Crippen LogP contribution in [0.25, 0.3) is 0 Å². The number of carboxylic acids is 1. The zero-order valence-corrected chi connectivity index (χ0v) is 11.4. The smallest absolute Gasteiger partial charge is 0.317 e. The number of urea groups is 1. The third-order valence-corrected chi connectivity index (χ3v) is 4.07. The number of amides is 3. The molecule has 0 aromatic heterocycles. The molecule has 0 aromatic rings. The van der Waals surface area contributed by atoms with E-state index in [-0.39, 0.29) is 30.3 Å². The molecule has 2 aliphatic rings. The molecule has 1 heterocycles. The average Bonchev–Trinajstić information content (AvgIpc) is 2.45. The molecule has 2 unspecified atom stereocenters. The van der Waals surface area contributed by atoms with E-state index in [2.05, 4.69) is 10.6 Å². The van der Waals surface area contributed by atoms with E-state index in [0.717, 1.165) is 19.3 Å². The van der Waals surface area contributed by atoms with E-state index in [1.807, 2.05) is 0 Å². The van der Waals surface area contributed by atoms with Crippen molar-refractivity contribution in [2.75, 3.05) is 26.2 Å².